The van der Waals surface area contributed by atoms with Gasteiger partial charge in [-0.25, -0.2) is 0 Å². The molecule has 3 heteroatoms. The molecule has 0 aromatic heterocycles. The molecular formula is C38H37O2P. The van der Waals surface area contributed by atoms with Crippen molar-refractivity contribution in [3.63, 3.8) is 0 Å². The molecule has 0 fully saturated rings. The number of rotatable bonds is 7. The Morgan fingerprint density at radius 1 is 0.585 bits per heavy atom. The van der Waals surface area contributed by atoms with Crippen LogP contribution in [0, 0.1) is 41.5 Å². The second-order valence-electron chi connectivity index (χ2n) is 11.2. The molecular weight excluding hydrogens is 519 g/mol. The van der Waals surface area contributed by atoms with E-state index in [1.807, 2.05) is 99.6 Å². The highest BCUT2D eigenvalue weighted by Crippen LogP contribution is 2.51. The molecule has 0 N–H and O–H groups in total. The van der Waals surface area contributed by atoms with Crippen LogP contribution in [0.4, 0.5) is 0 Å². The van der Waals surface area contributed by atoms with Crippen LogP contribution in [0.5, 0.6) is 0 Å². The molecule has 2 atom stereocenters. The Balaban J connectivity index is 1.86. The highest BCUT2D eigenvalue weighted by molar-refractivity contribution is 7.93. The van der Waals surface area contributed by atoms with Gasteiger partial charge in [-0.2, -0.15) is 0 Å². The van der Waals surface area contributed by atoms with Gasteiger partial charge in [0.1, 0.15) is 0 Å². The number of hydrogen-bond acceptors (Lipinski definition) is 2. The number of hydrogen-bond donors (Lipinski definition) is 0. The van der Waals surface area contributed by atoms with E-state index in [1.165, 1.54) is 22.3 Å². The van der Waals surface area contributed by atoms with Crippen molar-refractivity contribution in [3.05, 3.63) is 165 Å². The molecule has 0 aliphatic rings. The van der Waals surface area contributed by atoms with E-state index in [9.17, 15) is 4.79 Å². The van der Waals surface area contributed by atoms with Gasteiger partial charge in [-0.05, 0) is 80.5 Å². The molecule has 0 aliphatic heterocycles. The smallest absolute Gasteiger partial charge is 0.230 e. The summed E-state index contributed by atoms with van der Waals surface area (Å²) in [6.07, 6.45) is 0. The lowest BCUT2D eigenvalue weighted by Crippen LogP contribution is -2.28. The number of carbonyl (C=O) groups excluding carboxylic acids is 1. The van der Waals surface area contributed by atoms with Crippen molar-refractivity contribution in [2.45, 2.75) is 47.5 Å². The highest BCUT2D eigenvalue weighted by Gasteiger charge is 2.41. The van der Waals surface area contributed by atoms with Crippen molar-refractivity contribution in [3.8, 4) is 0 Å². The van der Waals surface area contributed by atoms with E-state index in [0.29, 0.717) is 16.2 Å². The van der Waals surface area contributed by atoms with Gasteiger partial charge in [0, 0.05) is 22.1 Å². The van der Waals surface area contributed by atoms with Crippen LogP contribution in [0.3, 0.4) is 0 Å². The van der Waals surface area contributed by atoms with E-state index >= 15 is 4.57 Å². The lowest BCUT2D eigenvalue weighted by atomic mass is 9.80. The molecule has 0 radical (unpaired) electrons. The summed E-state index contributed by atoms with van der Waals surface area (Å²) in [6.45, 7) is 12.3. The lowest BCUT2D eigenvalue weighted by molar-refractivity contribution is 0.107. The van der Waals surface area contributed by atoms with Crippen LogP contribution in [-0.2, 0) is 4.57 Å². The fourth-order valence-electron chi connectivity index (χ4n) is 6.49. The third-order valence-electron chi connectivity index (χ3n) is 8.04. The Kier molecular flexibility index (Phi) is 7.98. The van der Waals surface area contributed by atoms with Gasteiger partial charge >= 0.3 is 0 Å². The van der Waals surface area contributed by atoms with Crippen molar-refractivity contribution >= 4 is 23.3 Å². The normalized spacial score (nSPS) is 13.4. The zero-order valence-corrected chi connectivity index (χ0v) is 25.6. The van der Waals surface area contributed by atoms with Crippen LogP contribution in [0.25, 0.3) is 0 Å². The van der Waals surface area contributed by atoms with E-state index in [0.717, 1.165) is 27.8 Å². The van der Waals surface area contributed by atoms with Crippen LogP contribution in [-0.4, -0.2) is 5.52 Å². The van der Waals surface area contributed by atoms with E-state index in [4.69, 9.17) is 0 Å². The topological polar surface area (TPSA) is 34.1 Å². The maximum absolute atomic E-state index is 15.8. The van der Waals surface area contributed by atoms with Gasteiger partial charge in [0.15, 0.2) is 0 Å². The fraction of sp³-hybridized carbons (Fsp3) is 0.184. The first-order chi connectivity index (χ1) is 19.6. The molecule has 0 saturated heterocycles. The van der Waals surface area contributed by atoms with Gasteiger partial charge in [-0.3, -0.25) is 4.79 Å². The van der Waals surface area contributed by atoms with Crippen LogP contribution in [0.1, 0.15) is 66.3 Å². The standard InChI is InChI=1S/C38H37O2P/c1-25-21-27(3)35(28(4)22-25)37(31-15-9-7-10-16-31)33-19-13-14-20-34(33)41(40,32-17-11-8-12-18-32)38(39)36-29(5)23-26(2)24-30(36)6/h7-24,37H,1-6H3. The first-order valence-electron chi connectivity index (χ1n) is 14.1. The summed E-state index contributed by atoms with van der Waals surface area (Å²) < 4.78 is 15.8. The molecule has 0 amide bonds. The summed E-state index contributed by atoms with van der Waals surface area (Å²) in [6, 6.07) is 36.0. The summed E-state index contributed by atoms with van der Waals surface area (Å²) in [7, 11) is -3.82. The van der Waals surface area contributed by atoms with Gasteiger partial charge in [0.25, 0.3) is 0 Å². The minimum absolute atomic E-state index is 0.196. The maximum Gasteiger partial charge on any atom is 0.230 e. The minimum Gasteiger partial charge on any atom is -0.305 e. The summed E-state index contributed by atoms with van der Waals surface area (Å²) in [5.74, 6) is -0.196. The van der Waals surface area contributed by atoms with Gasteiger partial charge < -0.3 is 4.57 Å². The molecule has 41 heavy (non-hydrogen) atoms. The zero-order valence-electron chi connectivity index (χ0n) is 24.7. The summed E-state index contributed by atoms with van der Waals surface area (Å²) in [4.78, 5) is 14.8. The Morgan fingerprint density at radius 3 is 1.61 bits per heavy atom. The molecule has 0 aliphatic carbocycles. The van der Waals surface area contributed by atoms with Gasteiger partial charge in [-0.1, -0.05) is 120 Å². The minimum atomic E-state index is -3.82. The first-order valence-corrected chi connectivity index (χ1v) is 15.8. The Morgan fingerprint density at radius 2 is 1.05 bits per heavy atom. The Hall–Kier alpha value is -4.00. The Labute approximate surface area is 244 Å². The lowest BCUT2D eigenvalue weighted by Gasteiger charge is -2.29. The molecule has 5 rings (SSSR count). The third-order valence-corrected chi connectivity index (χ3v) is 11.0. The molecule has 5 aromatic rings. The molecule has 0 bridgehead atoms. The largest absolute Gasteiger partial charge is 0.305 e. The van der Waals surface area contributed by atoms with Gasteiger partial charge in [-0.15, -0.1) is 0 Å². The predicted octanol–water partition coefficient (Wildman–Crippen LogP) is 8.87. The second-order valence-corrected chi connectivity index (χ2v) is 13.9. The Bertz CT molecular complexity index is 1740. The van der Waals surface area contributed by atoms with E-state index in [-0.39, 0.29) is 11.4 Å². The summed E-state index contributed by atoms with van der Waals surface area (Å²) >= 11 is 0. The number of aryl methyl sites for hydroxylation is 6. The molecule has 206 valence electrons. The van der Waals surface area contributed by atoms with Crippen LogP contribution >= 0.6 is 7.14 Å². The SMILES string of the molecule is Cc1cc(C)c(C(=O)P(=O)(c2ccccc2)c2ccccc2C(c2ccccc2)c2c(C)cc(C)cc2C)c(C)c1. The monoisotopic (exact) mass is 556 g/mol. The molecule has 2 unspecified atom stereocenters. The molecule has 0 spiro atoms. The molecule has 0 heterocycles. The first kappa shape index (κ1) is 28.5. The van der Waals surface area contributed by atoms with Crippen molar-refractivity contribution in [2.75, 3.05) is 0 Å². The van der Waals surface area contributed by atoms with Crippen LogP contribution in [0.15, 0.2) is 109 Å². The highest BCUT2D eigenvalue weighted by atomic mass is 31.2. The van der Waals surface area contributed by atoms with Gasteiger partial charge in [0.2, 0.25) is 12.7 Å². The average Bonchev–Trinajstić information content (AvgIpc) is 2.95. The number of benzene rings is 5. The quantitative estimate of drug-likeness (QED) is 0.148. The average molecular weight is 557 g/mol. The third kappa shape index (κ3) is 5.25. The predicted molar refractivity (Wildman–Crippen MR) is 173 cm³/mol. The van der Waals surface area contributed by atoms with Crippen molar-refractivity contribution in [2.24, 2.45) is 0 Å². The summed E-state index contributed by atoms with van der Waals surface area (Å²) in [5, 5.41) is 1.16. The van der Waals surface area contributed by atoms with E-state index < -0.39 is 7.14 Å². The molecule has 5 aromatic carbocycles. The second kappa shape index (κ2) is 11.5. The fourth-order valence-corrected chi connectivity index (χ4v) is 9.34. The van der Waals surface area contributed by atoms with Crippen LogP contribution in [0.2, 0.25) is 0 Å². The molecule has 2 nitrogen and oxygen atoms in total. The van der Waals surface area contributed by atoms with Gasteiger partial charge in [0.05, 0.1) is 0 Å². The maximum atomic E-state index is 15.8. The van der Waals surface area contributed by atoms with Crippen molar-refractivity contribution in [1.82, 2.24) is 0 Å². The number of carbonyl (C=O) groups is 1. The summed E-state index contributed by atoms with van der Waals surface area (Å²) in [5.41, 5.74) is 9.78. The van der Waals surface area contributed by atoms with E-state index in [2.05, 4.69) is 51.1 Å². The molecule has 0 saturated carbocycles. The van der Waals surface area contributed by atoms with Crippen molar-refractivity contribution in [1.29, 1.82) is 0 Å². The van der Waals surface area contributed by atoms with E-state index in [1.54, 1.807) is 0 Å². The zero-order chi connectivity index (χ0) is 29.3. The van der Waals surface area contributed by atoms with Crippen molar-refractivity contribution < 1.29 is 9.36 Å². The van der Waals surface area contributed by atoms with Crippen LogP contribution < -0.4 is 10.6 Å².